The summed E-state index contributed by atoms with van der Waals surface area (Å²) in [4.78, 5) is 11.1. The molecule has 2 aromatic carbocycles. The topological polar surface area (TPSA) is 213 Å². The van der Waals surface area contributed by atoms with Crippen LogP contribution in [0.1, 0.15) is 47.5 Å². The number of hydrogen-bond donors (Lipinski definition) is 7. The van der Waals surface area contributed by atoms with E-state index < -0.39 is 5.97 Å². The molecule has 0 atom stereocenters. The van der Waals surface area contributed by atoms with Crippen LogP contribution in [0.4, 0.5) is 11.4 Å². The lowest BCUT2D eigenvalue weighted by molar-refractivity contribution is 0.0663. The van der Waals surface area contributed by atoms with Crippen LogP contribution in [0, 0.1) is 6.92 Å². The molecule has 1 aliphatic carbocycles. The van der Waals surface area contributed by atoms with Crippen molar-refractivity contribution in [2.45, 2.75) is 39.0 Å². The van der Waals surface area contributed by atoms with Gasteiger partial charge in [-0.3, -0.25) is 4.57 Å². The highest BCUT2D eigenvalue weighted by atomic mass is 16.4. The Morgan fingerprint density at radius 3 is 2.30 bits per heavy atom. The van der Waals surface area contributed by atoms with Gasteiger partial charge in [-0.2, -0.15) is 0 Å². The number of rotatable bonds is 7. The van der Waals surface area contributed by atoms with Crippen molar-refractivity contribution in [2.75, 3.05) is 26.3 Å². The first-order valence-electron chi connectivity index (χ1n) is 13.7. The molecule has 12 nitrogen and oxygen atoms in total. The number of aliphatic hydroxyl groups is 2. The van der Waals surface area contributed by atoms with Crippen molar-refractivity contribution < 1.29 is 34.7 Å². The van der Waals surface area contributed by atoms with Crippen LogP contribution >= 0.6 is 0 Å². The maximum atomic E-state index is 11.1. The van der Waals surface area contributed by atoms with Crippen LogP contribution in [0.25, 0.3) is 17.0 Å². The van der Waals surface area contributed by atoms with Gasteiger partial charge in [-0.05, 0) is 78.3 Å². The molecular formula is C31H39N5O7. The van der Waals surface area contributed by atoms with Gasteiger partial charge in [-0.25, -0.2) is 4.79 Å². The van der Waals surface area contributed by atoms with Crippen LogP contribution < -0.4 is 11.5 Å². The van der Waals surface area contributed by atoms with Gasteiger partial charge in [0.05, 0.1) is 18.8 Å². The molecule has 230 valence electrons. The fraction of sp³-hybridized carbons (Fsp3) is 0.323. The molecule has 0 saturated carbocycles. The molecule has 9 N–H and O–H groups in total. The van der Waals surface area contributed by atoms with Crippen molar-refractivity contribution in [3.05, 3.63) is 77.2 Å². The molecule has 0 fully saturated rings. The summed E-state index contributed by atoms with van der Waals surface area (Å²) in [6.45, 7) is 7.23. The summed E-state index contributed by atoms with van der Waals surface area (Å²) >= 11 is 0. The number of aliphatic hydroxyl groups excluding tert-OH is 2. The van der Waals surface area contributed by atoms with Gasteiger partial charge in [0.1, 0.15) is 11.4 Å². The Bertz CT molecular complexity index is 1560. The second kappa shape index (κ2) is 14.6. The third-order valence-electron chi connectivity index (χ3n) is 6.87. The quantitative estimate of drug-likeness (QED) is 0.148. The zero-order chi connectivity index (χ0) is 31.7. The Morgan fingerprint density at radius 2 is 1.70 bits per heavy atom. The standard InChI is InChI=1S/C27H25N3O5.2C2H7NO/c1-15-14-30(17-8-7-16-11-12-27(2,3)19(16)13-17)25(32)23(15)29-28-20-6-4-5-18(24(20)31)21-9-10-22(35-21)26(33)34;2*3-1-2-4/h4-10,13-14,31-32H,11-12H2,1-3H3,(H,33,34);2*4H,1-3H2. The molecule has 12 heteroatoms. The summed E-state index contributed by atoms with van der Waals surface area (Å²) < 4.78 is 6.98. The van der Waals surface area contributed by atoms with E-state index in [1.54, 1.807) is 29.0 Å². The van der Waals surface area contributed by atoms with E-state index in [9.17, 15) is 15.0 Å². The van der Waals surface area contributed by atoms with Crippen molar-refractivity contribution >= 4 is 17.3 Å². The van der Waals surface area contributed by atoms with Crippen molar-refractivity contribution in [3.63, 3.8) is 0 Å². The monoisotopic (exact) mass is 593 g/mol. The van der Waals surface area contributed by atoms with Crippen LogP contribution in [0.5, 0.6) is 11.6 Å². The van der Waals surface area contributed by atoms with Gasteiger partial charge < -0.3 is 41.4 Å². The minimum absolute atomic E-state index is 0.0465. The van der Waals surface area contributed by atoms with Crippen molar-refractivity contribution in [3.8, 4) is 28.6 Å². The molecule has 0 aliphatic heterocycles. The van der Waals surface area contributed by atoms with Gasteiger partial charge in [0.15, 0.2) is 11.4 Å². The zero-order valence-corrected chi connectivity index (χ0v) is 24.5. The summed E-state index contributed by atoms with van der Waals surface area (Å²) in [6.07, 6.45) is 3.96. The predicted molar refractivity (Wildman–Crippen MR) is 163 cm³/mol. The first-order valence-corrected chi connectivity index (χ1v) is 13.7. The molecule has 0 radical (unpaired) electrons. The third-order valence-corrected chi connectivity index (χ3v) is 6.87. The number of nitrogens with two attached hydrogens (primary N) is 2. The number of carboxylic acids is 1. The number of phenols is 1. The molecule has 0 spiro atoms. The Labute approximate surface area is 249 Å². The molecule has 43 heavy (non-hydrogen) atoms. The van der Waals surface area contributed by atoms with E-state index >= 15 is 0 Å². The molecule has 1 aliphatic rings. The van der Waals surface area contributed by atoms with Gasteiger partial charge in [-0.1, -0.05) is 26.0 Å². The second-order valence-corrected chi connectivity index (χ2v) is 10.4. The fourth-order valence-electron chi connectivity index (χ4n) is 4.58. The minimum Gasteiger partial charge on any atom is -0.505 e. The number of azo groups is 1. The normalized spacial score (nSPS) is 13.2. The highest BCUT2D eigenvalue weighted by molar-refractivity contribution is 5.85. The van der Waals surface area contributed by atoms with E-state index in [-0.39, 0.29) is 53.0 Å². The number of phenolic OH excluding ortho intramolecular Hbond substituents is 1. The zero-order valence-electron chi connectivity index (χ0n) is 24.5. The van der Waals surface area contributed by atoms with Gasteiger partial charge in [0, 0.05) is 25.0 Å². The number of carboxylic acid groups (broad SMARTS) is 1. The summed E-state index contributed by atoms with van der Waals surface area (Å²) in [5.41, 5.74) is 14.6. The van der Waals surface area contributed by atoms with Crippen LogP contribution in [0.2, 0.25) is 0 Å². The van der Waals surface area contributed by atoms with Crippen LogP contribution in [-0.2, 0) is 11.8 Å². The SMILES string of the molecule is Cc1cn(-c2ccc3c(c2)C(C)(C)CC3)c(O)c1N=Nc1cccc(-c2ccc(C(=O)O)o2)c1O.NCCO.NCCO. The lowest BCUT2D eigenvalue weighted by Gasteiger charge is -2.19. The highest BCUT2D eigenvalue weighted by Gasteiger charge is 2.30. The number of benzene rings is 2. The Kier molecular flexibility index (Phi) is 11.2. The molecule has 4 aromatic rings. The number of furan rings is 1. The average Bonchev–Trinajstić information content (AvgIpc) is 3.69. The van der Waals surface area contributed by atoms with Crippen LogP contribution in [-0.4, -0.2) is 62.4 Å². The molecule has 0 unspecified atom stereocenters. The molecule has 0 saturated heterocycles. The van der Waals surface area contributed by atoms with Gasteiger partial charge >= 0.3 is 5.97 Å². The number of aromatic hydroxyl groups is 2. The Hall–Kier alpha value is -4.49. The summed E-state index contributed by atoms with van der Waals surface area (Å²) in [7, 11) is 0. The molecule has 0 amide bonds. The van der Waals surface area contributed by atoms with Crippen molar-refractivity contribution in [1.29, 1.82) is 0 Å². The molecule has 2 aromatic heterocycles. The van der Waals surface area contributed by atoms with Crippen molar-refractivity contribution in [1.82, 2.24) is 4.57 Å². The first kappa shape index (κ1) is 33.0. The number of nitrogens with zero attached hydrogens (tertiary/aromatic N) is 3. The summed E-state index contributed by atoms with van der Waals surface area (Å²) in [5, 5.41) is 54.6. The van der Waals surface area contributed by atoms with E-state index in [0.29, 0.717) is 18.8 Å². The number of carbonyl (C=O) groups is 1. The van der Waals surface area contributed by atoms with Gasteiger partial charge in [0.25, 0.3) is 0 Å². The van der Waals surface area contributed by atoms with Crippen LogP contribution in [0.15, 0.2) is 69.4 Å². The van der Waals surface area contributed by atoms with Gasteiger partial charge in [0.2, 0.25) is 11.6 Å². The Balaban J connectivity index is 0.000000566. The molecule has 0 bridgehead atoms. The molecule has 5 rings (SSSR count). The number of aryl methyl sites for hydroxylation is 2. The lowest BCUT2D eigenvalue weighted by atomic mass is 9.86. The van der Waals surface area contributed by atoms with Crippen LogP contribution in [0.3, 0.4) is 0 Å². The van der Waals surface area contributed by atoms with E-state index in [2.05, 4.69) is 36.2 Å². The lowest BCUT2D eigenvalue weighted by Crippen LogP contribution is -2.12. The summed E-state index contributed by atoms with van der Waals surface area (Å²) in [6, 6.07) is 13.8. The maximum Gasteiger partial charge on any atom is 0.371 e. The number of fused-ring (bicyclic) bond motifs is 1. The van der Waals surface area contributed by atoms with E-state index in [0.717, 1.165) is 24.1 Å². The van der Waals surface area contributed by atoms with E-state index in [1.807, 2.05) is 13.0 Å². The third kappa shape index (κ3) is 7.67. The van der Waals surface area contributed by atoms with Gasteiger partial charge in [-0.15, -0.1) is 10.2 Å². The van der Waals surface area contributed by atoms with Crippen molar-refractivity contribution in [2.24, 2.45) is 21.7 Å². The predicted octanol–water partition coefficient (Wildman–Crippen LogP) is 4.67. The number of para-hydroxylation sites is 1. The molecular weight excluding hydrogens is 554 g/mol. The number of aromatic carboxylic acids is 1. The fourth-order valence-corrected chi connectivity index (χ4v) is 4.58. The average molecular weight is 594 g/mol. The minimum atomic E-state index is -1.20. The first-order chi connectivity index (χ1) is 20.5. The number of aromatic nitrogens is 1. The van der Waals surface area contributed by atoms with E-state index in [1.165, 1.54) is 23.3 Å². The molecule has 2 heterocycles. The maximum absolute atomic E-state index is 11.1. The largest absolute Gasteiger partial charge is 0.505 e. The second-order valence-electron chi connectivity index (χ2n) is 10.4. The summed E-state index contributed by atoms with van der Waals surface area (Å²) in [5.74, 6) is -1.49. The van der Waals surface area contributed by atoms with E-state index in [4.69, 9.17) is 31.2 Å². The Morgan fingerprint density at radius 1 is 1.02 bits per heavy atom. The number of hydrogen-bond acceptors (Lipinski definition) is 10. The smallest absolute Gasteiger partial charge is 0.371 e. The highest BCUT2D eigenvalue weighted by Crippen LogP contribution is 2.43.